The Morgan fingerprint density at radius 3 is 2.12 bits per heavy atom. The van der Waals surface area contributed by atoms with E-state index in [9.17, 15) is 0 Å². The average Bonchev–Trinajstić information content (AvgIpc) is 2.80. The van der Waals surface area contributed by atoms with Gasteiger partial charge >= 0.3 is 0 Å². The molecule has 1 saturated heterocycles. The molecule has 17 heavy (non-hydrogen) atoms. The quantitative estimate of drug-likeness (QED) is 0.786. The minimum atomic E-state index is 0.263. The second-order valence-corrected chi connectivity index (χ2v) is 7.74. The van der Waals surface area contributed by atoms with Crippen molar-refractivity contribution in [1.29, 1.82) is 0 Å². The van der Waals surface area contributed by atoms with Crippen molar-refractivity contribution in [3.05, 3.63) is 0 Å². The second-order valence-electron chi connectivity index (χ2n) is 7.74. The van der Waals surface area contributed by atoms with E-state index in [1.54, 1.807) is 0 Å². The lowest BCUT2D eigenvalue weighted by molar-refractivity contribution is 0.139. The molecular formula is C15H30N2. The molecule has 0 aromatic rings. The zero-order chi connectivity index (χ0) is 12.7. The van der Waals surface area contributed by atoms with Crippen LogP contribution in [0.2, 0.25) is 0 Å². The summed E-state index contributed by atoms with van der Waals surface area (Å²) in [6.45, 7) is 11.7. The monoisotopic (exact) mass is 238 g/mol. The number of nitrogens with one attached hydrogen (secondary N) is 2. The van der Waals surface area contributed by atoms with Crippen molar-refractivity contribution in [3.8, 4) is 0 Å². The molecule has 0 bridgehead atoms. The molecular weight excluding hydrogens is 208 g/mol. The van der Waals surface area contributed by atoms with E-state index in [4.69, 9.17) is 0 Å². The van der Waals surface area contributed by atoms with Gasteiger partial charge in [0.15, 0.2) is 0 Å². The molecule has 1 heterocycles. The van der Waals surface area contributed by atoms with E-state index < -0.39 is 0 Å². The molecule has 0 amide bonds. The highest BCUT2D eigenvalue weighted by atomic mass is 15.1. The Balaban J connectivity index is 1.86. The van der Waals surface area contributed by atoms with Gasteiger partial charge in [-0.15, -0.1) is 0 Å². The lowest BCUT2D eigenvalue weighted by Crippen LogP contribution is -2.62. The van der Waals surface area contributed by atoms with E-state index in [2.05, 4.69) is 45.3 Å². The Morgan fingerprint density at radius 2 is 1.65 bits per heavy atom. The maximum atomic E-state index is 3.86. The second kappa shape index (κ2) is 4.55. The van der Waals surface area contributed by atoms with Crippen molar-refractivity contribution in [3.63, 3.8) is 0 Å². The number of hydrogen-bond donors (Lipinski definition) is 2. The Bertz CT molecular complexity index is 250. The first-order valence-corrected chi connectivity index (χ1v) is 7.31. The standard InChI is InChI=1S/C15H30N2/c1-11(8-12-6-7-12)16-13-9-14(2,3)17-15(4,5)10-13/h11-13,16-17H,6-10H2,1-5H3. The van der Waals surface area contributed by atoms with Crippen LogP contribution >= 0.6 is 0 Å². The van der Waals surface area contributed by atoms with Gasteiger partial charge in [-0.25, -0.2) is 0 Å². The van der Waals surface area contributed by atoms with Crippen LogP contribution in [0.1, 0.15) is 66.7 Å². The van der Waals surface area contributed by atoms with Crippen molar-refractivity contribution in [1.82, 2.24) is 10.6 Å². The molecule has 100 valence electrons. The van der Waals surface area contributed by atoms with Gasteiger partial charge in [0.2, 0.25) is 0 Å². The van der Waals surface area contributed by atoms with E-state index in [1.165, 1.54) is 32.1 Å². The highest BCUT2D eigenvalue weighted by molar-refractivity contribution is 5.00. The maximum Gasteiger partial charge on any atom is 0.0144 e. The van der Waals surface area contributed by atoms with Crippen molar-refractivity contribution in [2.75, 3.05) is 0 Å². The van der Waals surface area contributed by atoms with Crippen LogP contribution in [0, 0.1) is 5.92 Å². The third-order valence-corrected chi connectivity index (χ3v) is 4.09. The van der Waals surface area contributed by atoms with Crippen LogP contribution in [-0.2, 0) is 0 Å². The number of piperidine rings is 1. The van der Waals surface area contributed by atoms with Crippen LogP contribution in [0.25, 0.3) is 0 Å². The molecule has 2 heteroatoms. The summed E-state index contributed by atoms with van der Waals surface area (Å²) in [5.41, 5.74) is 0.525. The summed E-state index contributed by atoms with van der Waals surface area (Å²) < 4.78 is 0. The zero-order valence-corrected chi connectivity index (χ0v) is 12.3. The van der Waals surface area contributed by atoms with Crippen LogP contribution in [-0.4, -0.2) is 23.2 Å². The molecule has 2 rings (SSSR count). The molecule has 1 saturated carbocycles. The van der Waals surface area contributed by atoms with E-state index in [1.807, 2.05) is 0 Å². The summed E-state index contributed by atoms with van der Waals surface area (Å²) in [7, 11) is 0. The van der Waals surface area contributed by atoms with Crippen molar-refractivity contribution in [2.24, 2.45) is 5.92 Å². The van der Waals surface area contributed by atoms with Gasteiger partial charge in [0.05, 0.1) is 0 Å². The van der Waals surface area contributed by atoms with Gasteiger partial charge in [0, 0.05) is 23.2 Å². The fourth-order valence-corrected chi connectivity index (χ4v) is 3.76. The summed E-state index contributed by atoms with van der Waals surface area (Å²) in [4.78, 5) is 0. The largest absolute Gasteiger partial charge is 0.311 e. The highest BCUT2D eigenvalue weighted by Gasteiger charge is 2.38. The molecule has 2 aliphatic rings. The Labute approximate surface area is 107 Å². The Hall–Kier alpha value is -0.0800. The molecule has 2 N–H and O–H groups in total. The molecule has 0 aromatic heterocycles. The molecule has 2 nitrogen and oxygen atoms in total. The van der Waals surface area contributed by atoms with Crippen molar-refractivity contribution in [2.45, 2.75) is 89.9 Å². The van der Waals surface area contributed by atoms with E-state index in [0.29, 0.717) is 12.1 Å². The summed E-state index contributed by atoms with van der Waals surface area (Å²) >= 11 is 0. The van der Waals surface area contributed by atoms with Gasteiger partial charge < -0.3 is 10.6 Å². The first kappa shape index (κ1) is 13.4. The lowest BCUT2D eigenvalue weighted by Gasteiger charge is -2.47. The summed E-state index contributed by atoms with van der Waals surface area (Å²) in [6.07, 6.45) is 6.80. The van der Waals surface area contributed by atoms with Crippen LogP contribution in [0.5, 0.6) is 0 Å². The van der Waals surface area contributed by atoms with Gasteiger partial charge in [-0.1, -0.05) is 12.8 Å². The first-order chi connectivity index (χ1) is 7.76. The van der Waals surface area contributed by atoms with Crippen LogP contribution < -0.4 is 10.6 Å². The summed E-state index contributed by atoms with van der Waals surface area (Å²) in [5, 5.41) is 7.61. The van der Waals surface area contributed by atoms with Crippen molar-refractivity contribution < 1.29 is 0 Å². The smallest absolute Gasteiger partial charge is 0.0144 e. The summed E-state index contributed by atoms with van der Waals surface area (Å²) in [5.74, 6) is 1.03. The normalized spacial score (nSPS) is 30.2. The summed E-state index contributed by atoms with van der Waals surface area (Å²) in [6, 6.07) is 1.37. The predicted octanol–water partition coefficient (Wildman–Crippen LogP) is 3.07. The lowest BCUT2D eigenvalue weighted by atomic mass is 9.79. The van der Waals surface area contributed by atoms with Crippen LogP contribution in [0.3, 0.4) is 0 Å². The fraction of sp³-hybridized carbons (Fsp3) is 1.00. The molecule has 2 fully saturated rings. The van der Waals surface area contributed by atoms with Gasteiger partial charge in [0.1, 0.15) is 0 Å². The van der Waals surface area contributed by atoms with Gasteiger partial charge in [0.25, 0.3) is 0 Å². The molecule has 1 atom stereocenters. The van der Waals surface area contributed by atoms with Gasteiger partial charge in [-0.3, -0.25) is 0 Å². The van der Waals surface area contributed by atoms with Crippen molar-refractivity contribution >= 4 is 0 Å². The van der Waals surface area contributed by atoms with E-state index in [-0.39, 0.29) is 11.1 Å². The van der Waals surface area contributed by atoms with Crippen LogP contribution in [0.15, 0.2) is 0 Å². The number of rotatable bonds is 4. The minimum Gasteiger partial charge on any atom is -0.311 e. The molecule has 0 spiro atoms. The first-order valence-electron chi connectivity index (χ1n) is 7.31. The van der Waals surface area contributed by atoms with E-state index in [0.717, 1.165) is 5.92 Å². The van der Waals surface area contributed by atoms with Gasteiger partial charge in [-0.2, -0.15) is 0 Å². The third-order valence-electron chi connectivity index (χ3n) is 4.09. The fourth-order valence-electron chi connectivity index (χ4n) is 3.76. The maximum absolute atomic E-state index is 3.86. The highest BCUT2D eigenvalue weighted by Crippen LogP contribution is 2.34. The van der Waals surface area contributed by atoms with Crippen LogP contribution in [0.4, 0.5) is 0 Å². The minimum absolute atomic E-state index is 0.263. The third kappa shape index (κ3) is 4.26. The molecule has 0 radical (unpaired) electrons. The topological polar surface area (TPSA) is 24.1 Å². The SMILES string of the molecule is CC(CC1CC1)NC1CC(C)(C)NC(C)(C)C1. The van der Waals surface area contributed by atoms with Gasteiger partial charge in [-0.05, 0) is 59.8 Å². The Morgan fingerprint density at radius 1 is 1.12 bits per heavy atom. The zero-order valence-electron chi connectivity index (χ0n) is 12.3. The molecule has 1 aliphatic carbocycles. The molecule has 0 aromatic carbocycles. The molecule has 1 unspecified atom stereocenters. The Kier molecular flexibility index (Phi) is 3.57. The van der Waals surface area contributed by atoms with E-state index >= 15 is 0 Å². The average molecular weight is 238 g/mol. The predicted molar refractivity (Wildman–Crippen MR) is 74.3 cm³/mol. The molecule has 1 aliphatic heterocycles. The number of hydrogen-bond acceptors (Lipinski definition) is 2.